The lowest BCUT2D eigenvalue weighted by molar-refractivity contribution is 0.0525. The molecule has 9 heteroatoms. The topological polar surface area (TPSA) is 120 Å². The number of phenols is 1. The Morgan fingerprint density at radius 1 is 1.06 bits per heavy atom. The molecule has 0 unspecified atom stereocenters. The fraction of sp³-hybridized carbons (Fsp3) is 0.182. The molecule has 3 aromatic rings. The number of carbonyl (C=O) groups excluding carboxylic acids is 2. The van der Waals surface area contributed by atoms with E-state index in [1.54, 1.807) is 38.3 Å². The first kappa shape index (κ1) is 21.6. The Labute approximate surface area is 178 Å². The van der Waals surface area contributed by atoms with Gasteiger partial charge in [-0.3, -0.25) is 0 Å². The second-order valence-electron chi connectivity index (χ2n) is 6.25. The number of phenolic OH excluding ortho intramolecular Hbond substituents is 1. The summed E-state index contributed by atoms with van der Waals surface area (Å²) in [5.41, 5.74) is 1.20. The first-order chi connectivity index (χ1) is 15.0. The first-order valence-corrected chi connectivity index (χ1v) is 9.33. The van der Waals surface area contributed by atoms with Crippen molar-refractivity contribution in [1.29, 1.82) is 0 Å². The molecule has 0 saturated carbocycles. The molecular weight excluding hydrogens is 402 g/mol. The highest BCUT2D eigenvalue weighted by Crippen LogP contribution is 2.30. The average molecular weight is 423 g/mol. The van der Waals surface area contributed by atoms with Gasteiger partial charge in [-0.2, -0.15) is 0 Å². The molecule has 0 spiro atoms. The van der Waals surface area contributed by atoms with Crippen molar-refractivity contribution >= 4 is 23.4 Å². The van der Waals surface area contributed by atoms with Crippen LogP contribution in [0, 0.1) is 0 Å². The van der Waals surface area contributed by atoms with E-state index in [4.69, 9.17) is 9.47 Å². The van der Waals surface area contributed by atoms with Gasteiger partial charge >= 0.3 is 11.9 Å². The zero-order chi connectivity index (χ0) is 22.4. The standard InChI is InChI=1S/C22H21N3O6/c1-4-31-22(28)16-12-23-19(13-5-8-15(29-2)9-6-13)25-20(16)24-17-10-7-14(11-18(17)26)21(27)30-3/h5-12,26H,4H2,1-3H3,(H,23,24,25). The van der Waals surface area contributed by atoms with Gasteiger partial charge in [-0.25, -0.2) is 19.6 Å². The number of hydrogen-bond donors (Lipinski definition) is 2. The summed E-state index contributed by atoms with van der Waals surface area (Å²) in [7, 11) is 2.82. The summed E-state index contributed by atoms with van der Waals surface area (Å²) >= 11 is 0. The van der Waals surface area contributed by atoms with Crippen LogP contribution in [0.25, 0.3) is 11.4 Å². The van der Waals surface area contributed by atoms with Crippen LogP contribution in [-0.2, 0) is 9.47 Å². The number of carbonyl (C=O) groups is 2. The molecule has 0 aliphatic carbocycles. The van der Waals surface area contributed by atoms with Gasteiger partial charge in [0, 0.05) is 11.8 Å². The number of anilines is 2. The van der Waals surface area contributed by atoms with Gasteiger partial charge < -0.3 is 24.6 Å². The van der Waals surface area contributed by atoms with Crippen molar-refractivity contribution < 1.29 is 28.9 Å². The monoisotopic (exact) mass is 423 g/mol. The predicted octanol–water partition coefficient (Wildman–Crippen LogP) is 3.56. The molecule has 0 bridgehead atoms. The summed E-state index contributed by atoms with van der Waals surface area (Å²) in [6.45, 7) is 1.87. The summed E-state index contributed by atoms with van der Waals surface area (Å²) in [5, 5.41) is 13.2. The zero-order valence-corrected chi connectivity index (χ0v) is 17.2. The van der Waals surface area contributed by atoms with Gasteiger partial charge in [0.25, 0.3) is 0 Å². The van der Waals surface area contributed by atoms with Crippen LogP contribution in [0.1, 0.15) is 27.6 Å². The van der Waals surface area contributed by atoms with Crippen LogP contribution in [-0.4, -0.2) is 47.8 Å². The van der Waals surface area contributed by atoms with Gasteiger partial charge in [-0.1, -0.05) is 0 Å². The maximum Gasteiger partial charge on any atom is 0.343 e. The Morgan fingerprint density at radius 2 is 1.81 bits per heavy atom. The normalized spacial score (nSPS) is 10.3. The number of nitrogens with one attached hydrogen (secondary N) is 1. The van der Waals surface area contributed by atoms with E-state index in [1.807, 2.05) is 0 Å². The van der Waals surface area contributed by atoms with Gasteiger partial charge in [-0.15, -0.1) is 0 Å². The van der Waals surface area contributed by atoms with Crippen LogP contribution in [0.15, 0.2) is 48.7 Å². The summed E-state index contributed by atoms with van der Waals surface area (Å²) in [6, 6.07) is 11.3. The van der Waals surface area contributed by atoms with E-state index in [2.05, 4.69) is 20.0 Å². The van der Waals surface area contributed by atoms with E-state index < -0.39 is 11.9 Å². The predicted molar refractivity (Wildman–Crippen MR) is 113 cm³/mol. The Morgan fingerprint density at radius 3 is 2.42 bits per heavy atom. The van der Waals surface area contributed by atoms with Crippen molar-refractivity contribution in [2.45, 2.75) is 6.92 Å². The van der Waals surface area contributed by atoms with Crippen molar-refractivity contribution in [3.05, 3.63) is 59.8 Å². The maximum absolute atomic E-state index is 12.4. The summed E-state index contributed by atoms with van der Waals surface area (Å²) < 4.78 is 14.9. The Balaban J connectivity index is 2.01. The summed E-state index contributed by atoms with van der Waals surface area (Å²) in [4.78, 5) is 32.7. The molecule has 2 aromatic carbocycles. The minimum atomic E-state index is -0.614. The number of aromatic nitrogens is 2. The van der Waals surface area contributed by atoms with Crippen LogP contribution < -0.4 is 10.1 Å². The Bertz CT molecular complexity index is 1100. The third-order valence-electron chi connectivity index (χ3n) is 4.30. The van der Waals surface area contributed by atoms with Crippen molar-refractivity contribution in [2.75, 3.05) is 26.1 Å². The summed E-state index contributed by atoms with van der Waals surface area (Å²) in [6.07, 6.45) is 1.35. The molecule has 1 heterocycles. The number of nitrogens with zero attached hydrogens (tertiary/aromatic N) is 2. The third-order valence-corrected chi connectivity index (χ3v) is 4.30. The van der Waals surface area contributed by atoms with Gasteiger partial charge in [0.1, 0.15) is 22.9 Å². The second kappa shape index (κ2) is 9.57. The summed E-state index contributed by atoms with van der Waals surface area (Å²) in [5.74, 6) is -0.248. The molecule has 0 aliphatic heterocycles. The molecule has 2 N–H and O–H groups in total. The second-order valence-corrected chi connectivity index (χ2v) is 6.25. The number of benzene rings is 2. The first-order valence-electron chi connectivity index (χ1n) is 9.33. The Hall–Kier alpha value is -4.14. The molecule has 31 heavy (non-hydrogen) atoms. The van der Waals surface area contributed by atoms with E-state index in [1.165, 1.54) is 31.5 Å². The fourth-order valence-corrected chi connectivity index (χ4v) is 2.72. The largest absolute Gasteiger partial charge is 0.506 e. The number of rotatable bonds is 7. The highest BCUT2D eigenvalue weighted by molar-refractivity contribution is 5.96. The zero-order valence-electron chi connectivity index (χ0n) is 17.2. The van der Waals surface area contributed by atoms with Crippen molar-refractivity contribution in [2.24, 2.45) is 0 Å². The lowest BCUT2D eigenvalue weighted by Gasteiger charge is -2.13. The molecule has 160 valence electrons. The SMILES string of the molecule is CCOC(=O)c1cnc(-c2ccc(OC)cc2)nc1Nc1ccc(C(=O)OC)cc1O. The average Bonchev–Trinajstić information content (AvgIpc) is 2.80. The van der Waals surface area contributed by atoms with Crippen LogP contribution >= 0.6 is 0 Å². The Kier molecular flexibility index (Phi) is 6.66. The minimum Gasteiger partial charge on any atom is -0.506 e. The quantitative estimate of drug-likeness (QED) is 0.434. The molecule has 0 saturated heterocycles. The molecular formula is C22H21N3O6. The molecule has 9 nitrogen and oxygen atoms in total. The number of methoxy groups -OCH3 is 2. The molecule has 0 atom stereocenters. The number of esters is 2. The lowest BCUT2D eigenvalue weighted by atomic mass is 10.1. The van der Waals surface area contributed by atoms with Crippen LogP contribution in [0.3, 0.4) is 0 Å². The molecule has 0 amide bonds. The van der Waals surface area contributed by atoms with Crippen LogP contribution in [0.4, 0.5) is 11.5 Å². The van der Waals surface area contributed by atoms with Crippen molar-refractivity contribution in [3.63, 3.8) is 0 Å². The van der Waals surface area contributed by atoms with E-state index in [9.17, 15) is 14.7 Å². The van der Waals surface area contributed by atoms with E-state index in [0.717, 1.165) is 0 Å². The van der Waals surface area contributed by atoms with Crippen LogP contribution in [0.5, 0.6) is 11.5 Å². The number of ether oxygens (including phenoxy) is 3. The van der Waals surface area contributed by atoms with Crippen molar-refractivity contribution in [1.82, 2.24) is 9.97 Å². The number of hydrogen-bond acceptors (Lipinski definition) is 9. The molecule has 1 aromatic heterocycles. The lowest BCUT2D eigenvalue weighted by Crippen LogP contribution is -2.11. The van der Waals surface area contributed by atoms with Gasteiger partial charge in [0.05, 0.1) is 32.1 Å². The minimum absolute atomic E-state index is 0.0931. The van der Waals surface area contributed by atoms with Gasteiger partial charge in [-0.05, 0) is 49.4 Å². The third kappa shape index (κ3) is 4.89. The van der Waals surface area contributed by atoms with E-state index >= 15 is 0 Å². The van der Waals surface area contributed by atoms with E-state index in [-0.39, 0.29) is 35.0 Å². The molecule has 0 aliphatic rings. The van der Waals surface area contributed by atoms with E-state index in [0.29, 0.717) is 17.1 Å². The fourth-order valence-electron chi connectivity index (χ4n) is 2.72. The highest BCUT2D eigenvalue weighted by atomic mass is 16.5. The highest BCUT2D eigenvalue weighted by Gasteiger charge is 2.18. The van der Waals surface area contributed by atoms with Gasteiger partial charge in [0.15, 0.2) is 5.82 Å². The maximum atomic E-state index is 12.4. The molecule has 0 radical (unpaired) electrons. The number of aromatic hydroxyl groups is 1. The van der Waals surface area contributed by atoms with Gasteiger partial charge in [0.2, 0.25) is 0 Å². The molecule has 0 fully saturated rings. The van der Waals surface area contributed by atoms with Crippen molar-refractivity contribution in [3.8, 4) is 22.9 Å². The van der Waals surface area contributed by atoms with Crippen LogP contribution in [0.2, 0.25) is 0 Å². The smallest absolute Gasteiger partial charge is 0.343 e. The molecule has 3 rings (SSSR count).